The first kappa shape index (κ1) is 16.4. The van der Waals surface area contributed by atoms with Crippen molar-refractivity contribution in [2.45, 2.75) is 19.4 Å². The van der Waals surface area contributed by atoms with Gasteiger partial charge in [0.15, 0.2) is 0 Å². The van der Waals surface area contributed by atoms with Crippen LogP contribution in [0.4, 0.5) is 0 Å². The quantitative estimate of drug-likeness (QED) is 0.641. The lowest BCUT2D eigenvalue weighted by molar-refractivity contribution is -0.156. The Morgan fingerprint density at radius 1 is 0.739 bits per heavy atom. The molecule has 0 spiro atoms. The van der Waals surface area contributed by atoms with E-state index in [1.807, 2.05) is 0 Å². The topological polar surface area (TPSA) is 69.7 Å². The average Bonchev–Trinajstić information content (AvgIpc) is 2.56. The summed E-state index contributed by atoms with van der Waals surface area (Å²) in [7, 11) is 0. The first-order valence-electron chi connectivity index (χ1n) is 7.00. The maximum absolute atomic E-state index is 12.1. The van der Waals surface area contributed by atoms with Gasteiger partial charge in [0.2, 0.25) is 5.60 Å². The second-order valence-corrected chi connectivity index (χ2v) is 5.31. The van der Waals surface area contributed by atoms with E-state index in [-0.39, 0.29) is 5.56 Å². The monoisotopic (exact) mass is 312 g/mol. The summed E-state index contributed by atoms with van der Waals surface area (Å²) in [5.74, 6) is -2.39. The van der Waals surface area contributed by atoms with Gasteiger partial charge in [-0.3, -0.25) is 0 Å². The fourth-order valence-corrected chi connectivity index (χ4v) is 1.75. The van der Waals surface area contributed by atoms with Crippen molar-refractivity contribution in [1.29, 1.82) is 0 Å². The molecule has 0 radical (unpaired) electrons. The van der Waals surface area contributed by atoms with E-state index >= 15 is 0 Å². The number of carbonyl (C=O) groups is 3. The molecule has 0 fully saturated rings. The number of rotatable bonds is 4. The third-order valence-electron chi connectivity index (χ3n) is 3.04. The molecule has 2 aromatic carbocycles. The van der Waals surface area contributed by atoms with Crippen molar-refractivity contribution >= 4 is 17.9 Å². The van der Waals surface area contributed by atoms with E-state index in [9.17, 15) is 14.4 Å². The fourth-order valence-electron chi connectivity index (χ4n) is 1.75. The van der Waals surface area contributed by atoms with E-state index in [1.165, 1.54) is 26.0 Å². The Morgan fingerprint density at radius 2 is 1.17 bits per heavy atom. The van der Waals surface area contributed by atoms with Crippen molar-refractivity contribution in [3.8, 4) is 0 Å². The van der Waals surface area contributed by atoms with Gasteiger partial charge in [-0.05, 0) is 38.1 Å². The predicted molar refractivity (Wildman–Crippen MR) is 82.8 cm³/mol. The van der Waals surface area contributed by atoms with E-state index in [1.54, 1.807) is 48.5 Å². The summed E-state index contributed by atoms with van der Waals surface area (Å²) in [5.41, 5.74) is -1.04. The van der Waals surface area contributed by atoms with Crippen molar-refractivity contribution in [1.82, 2.24) is 0 Å². The van der Waals surface area contributed by atoms with Crippen LogP contribution in [0.15, 0.2) is 60.7 Å². The Balaban J connectivity index is 2.03. The van der Waals surface area contributed by atoms with Crippen molar-refractivity contribution in [3.63, 3.8) is 0 Å². The van der Waals surface area contributed by atoms with E-state index in [4.69, 9.17) is 9.47 Å². The van der Waals surface area contributed by atoms with E-state index in [0.717, 1.165) is 0 Å². The largest absolute Gasteiger partial charge is 0.444 e. The summed E-state index contributed by atoms with van der Waals surface area (Å²) < 4.78 is 9.94. The summed E-state index contributed by atoms with van der Waals surface area (Å²) in [5, 5.41) is 0. The van der Waals surface area contributed by atoms with Gasteiger partial charge in [0.25, 0.3) is 0 Å². The highest BCUT2D eigenvalue weighted by atomic mass is 16.6. The molecule has 2 aromatic rings. The summed E-state index contributed by atoms with van der Waals surface area (Å²) in [4.78, 5) is 36.0. The molecule has 0 heterocycles. The Morgan fingerprint density at radius 3 is 1.65 bits per heavy atom. The highest BCUT2D eigenvalue weighted by molar-refractivity contribution is 6.00. The Labute approximate surface area is 133 Å². The number of ether oxygens (including phenoxy) is 2. The lowest BCUT2D eigenvalue weighted by Gasteiger charge is -2.22. The molecule has 5 nitrogen and oxygen atoms in total. The Kier molecular flexibility index (Phi) is 4.91. The number of hydrogen-bond donors (Lipinski definition) is 0. The number of esters is 3. The van der Waals surface area contributed by atoms with Crippen molar-refractivity contribution < 1.29 is 23.9 Å². The first-order chi connectivity index (χ1) is 10.9. The van der Waals surface area contributed by atoms with Gasteiger partial charge in [0.05, 0.1) is 11.1 Å². The molecule has 5 heteroatoms. The number of benzene rings is 2. The Bertz CT molecular complexity index is 705. The summed E-state index contributed by atoms with van der Waals surface area (Å²) in [6.45, 7) is 2.74. The van der Waals surface area contributed by atoms with Gasteiger partial charge in [0, 0.05) is 0 Å². The maximum atomic E-state index is 12.1. The second-order valence-electron chi connectivity index (χ2n) is 5.31. The highest BCUT2D eigenvalue weighted by Crippen LogP contribution is 2.16. The number of hydrogen-bond acceptors (Lipinski definition) is 5. The molecule has 0 aromatic heterocycles. The van der Waals surface area contributed by atoms with Crippen LogP contribution in [0.3, 0.4) is 0 Å². The van der Waals surface area contributed by atoms with Crippen LogP contribution in [-0.4, -0.2) is 23.5 Å². The van der Waals surface area contributed by atoms with Gasteiger partial charge >= 0.3 is 17.9 Å². The molecular weight excluding hydrogens is 296 g/mol. The molecule has 0 saturated heterocycles. The Hall–Kier alpha value is -2.95. The summed E-state index contributed by atoms with van der Waals surface area (Å²) in [6.07, 6.45) is 0. The molecule has 0 saturated carbocycles. The zero-order chi connectivity index (χ0) is 16.9. The van der Waals surface area contributed by atoms with Gasteiger partial charge in [-0.25, -0.2) is 14.4 Å². The van der Waals surface area contributed by atoms with Gasteiger partial charge in [-0.1, -0.05) is 36.4 Å². The SMILES string of the molecule is CC(C)(OC(=O)c1ccccc1)C(=O)OC(=O)c1ccccc1. The molecule has 118 valence electrons. The molecule has 0 atom stereocenters. The van der Waals surface area contributed by atoms with Crippen molar-refractivity contribution in [2.24, 2.45) is 0 Å². The molecule has 0 aliphatic rings. The highest BCUT2D eigenvalue weighted by Gasteiger charge is 2.36. The van der Waals surface area contributed by atoms with Crippen LogP contribution < -0.4 is 0 Å². The first-order valence-corrected chi connectivity index (χ1v) is 7.00. The smallest absolute Gasteiger partial charge is 0.357 e. The standard InChI is InChI=1S/C18H16O5/c1-18(2,23-16(20)14-11-7-4-8-12-14)17(21)22-15(19)13-9-5-3-6-10-13/h3-12H,1-2H3. The van der Waals surface area contributed by atoms with E-state index < -0.39 is 23.5 Å². The van der Waals surface area contributed by atoms with E-state index in [0.29, 0.717) is 5.56 Å². The molecule has 0 unspecified atom stereocenters. The lowest BCUT2D eigenvalue weighted by atomic mass is 10.1. The van der Waals surface area contributed by atoms with Crippen LogP contribution in [0.25, 0.3) is 0 Å². The summed E-state index contributed by atoms with van der Waals surface area (Å²) in [6, 6.07) is 16.4. The molecule has 0 bridgehead atoms. The third-order valence-corrected chi connectivity index (χ3v) is 3.04. The minimum Gasteiger partial charge on any atom is -0.444 e. The summed E-state index contributed by atoms with van der Waals surface area (Å²) >= 11 is 0. The molecule has 0 aliphatic heterocycles. The van der Waals surface area contributed by atoms with Gasteiger partial charge in [-0.2, -0.15) is 0 Å². The predicted octanol–water partition coefficient (Wildman–Crippen LogP) is 3.01. The van der Waals surface area contributed by atoms with Crippen LogP contribution in [0.2, 0.25) is 0 Å². The number of carbonyl (C=O) groups excluding carboxylic acids is 3. The molecule has 0 amide bonds. The maximum Gasteiger partial charge on any atom is 0.357 e. The molecule has 23 heavy (non-hydrogen) atoms. The van der Waals surface area contributed by atoms with Crippen LogP contribution >= 0.6 is 0 Å². The normalized spacial score (nSPS) is 10.7. The minimum atomic E-state index is -1.59. The van der Waals surface area contributed by atoms with Gasteiger partial charge < -0.3 is 9.47 Å². The average molecular weight is 312 g/mol. The van der Waals surface area contributed by atoms with Crippen LogP contribution in [-0.2, 0) is 14.3 Å². The molecule has 2 rings (SSSR count). The zero-order valence-corrected chi connectivity index (χ0v) is 12.8. The fraction of sp³-hybridized carbons (Fsp3) is 0.167. The van der Waals surface area contributed by atoms with Crippen LogP contribution in [0, 0.1) is 0 Å². The van der Waals surface area contributed by atoms with E-state index in [2.05, 4.69) is 0 Å². The molecular formula is C18H16O5. The second kappa shape index (κ2) is 6.87. The van der Waals surface area contributed by atoms with Crippen LogP contribution in [0.5, 0.6) is 0 Å². The molecule has 0 aliphatic carbocycles. The lowest BCUT2D eigenvalue weighted by Crippen LogP contribution is -2.39. The van der Waals surface area contributed by atoms with Crippen molar-refractivity contribution in [3.05, 3.63) is 71.8 Å². The molecule has 0 N–H and O–H groups in total. The van der Waals surface area contributed by atoms with Gasteiger partial charge in [0.1, 0.15) is 0 Å². The minimum absolute atomic E-state index is 0.242. The van der Waals surface area contributed by atoms with Gasteiger partial charge in [-0.15, -0.1) is 0 Å². The zero-order valence-electron chi connectivity index (χ0n) is 12.8. The van der Waals surface area contributed by atoms with Crippen molar-refractivity contribution in [2.75, 3.05) is 0 Å². The van der Waals surface area contributed by atoms with Crippen LogP contribution in [0.1, 0.15) is 34.6 Å². The third kappa shape index (κ3) is 4.26.